The number of carbonyl (C=O) groups is 1. The van der Waals surface area contributed by atoms with E-state index in [0.717, 1.165) is 21.8 Å². The first-order valence-electron chi connectivity index (χ1n) is 8.34. The molecular formula is C17H25IN2O4S. The molecule has 0 bridgehead atoms. The molecule has 1 aliphatic heterocycles. The van der Waals surface area contributed by atoms with E-state index in [-0.39, 0.29) is 24.3 Å². The second-order valence-corrected chi connectivity index (χ2v) is 9.69. The van der Waals surface area contributed by atoms with Crippen molar-refractivity contribution in [2.75, 3.05) is 12.8 Å². The Labute approximate surface area is 163 Å². The van der Waals surface area contributed by atoms with Crippen LogP contribution in [0.2, 0.25) is 0 Å². The number of hydrogen-bond donors (Lipinski definition) is 1. The summed E-state index contributed by atoms with van der Waals surface area (Å²) in [5.41, 5.74) is 1.07. The number of halogens is 1. The van der Waals surface area contributed by atoms with Crippen LogP contribution in [0.5, 0.6) is 0 Å². The summed E-state index contributed by atoms with van der Waals surface area (Å²) in [6, 6.07) is 7.44. The number of hydrogen-bond acceptors (Lipinski definition) is 4. The number of likely N-dealkylation sites (tertiary alicyclic amines) is 1. The van der Waals surface area contributed by atoms with Gasteiger partial charge in [-0.05, 0) is 73.4 Å². The van der Waals surface area contributed by atoms with Crippen molar-refractivity contribution in [2.45, 2.75) is 51.3 Å². The minimum absolute atomic E-state index is 0.214. The molecule has 1 heterocycles. The van der Waals surface area contributed by atoms with Gasteiger partial charge in [0.2, 0.25) is 10.0 Å². The topological polar surface area (TPSA) is 75.7 Å². The van der Waals surface area contributed by atoms with Crippen molar-refractivity contribution in [1.29, 1.82) is 0 Å². The molecule has 1 N–H and O–H groups in total. The van der Waals surface area contributed by atoms with Crippen molar-refractivity contribution >= 4 is 38.7 Å². The molecule has 0 unspecified atom stereocenters. The molecule has 1 amide bonds. The maximum Gasteiger partial charge on any atom is 0.410 e. The van der Waals surface area contributed by atoms with Crippen molar-refractivity contribution in [3.05, 3.63) is 33.4 Å². The van der Waals surface area contributed by atoms with Gasteiger partial charge in [-0.15, -0.1) is 0 Å². The van der Waals surface area contributed by atoms with Gasteiger partial charge >= 0.3 is 6.09 Å². The first-order chi connectivity index (χ1) is 11.7. The largest absolute Gasteiger partial charge is 0.447 e. The van der Waals surface area contributed by atoms with Gasteiger partial charge in [0.25, 0.3) is 0 Å². The highest BCUT2D eigenvalue weighted by Gasteiger charge is 2.36. The van der Waals surface area contributed by atoms with Crippen LogP contribution >= 0.6 is 22.6 Å². The lowest BCUT2D eigenvalue weighted by molar-refractivity contribution is 0.0461. The summed E-state index contributed by atoms with van der Waals surface area (Å²) < 4.78 is 32.7. The number of nitrogens with one attached hydrogen (secondary N) is 1. The lowest BCUT2D eigenvalue weighted by Crippen LogP contribution is -2.58. The molecule has 1 fully saturated rings. The fourth-order valence-electron chi connectivity index (χ4n) is 3.12. The summed E-state index contributed by atoms with van der Waals surface area (Å²) in [5, 5.41) is 0. The molecule has 0 aromatic heterocycles. The molecular weight excluding hydrogens is 455 g/mol. The van der Waals surface area contributed by atoms with Gasteiger partial charge in [0, 0.05) is 16.2 Å². The van der Waals surface area contributed by atoms with Crippen molar-refractivity contribution in [3.8, 4) is 0 Å². The average Bonchev–Trinajstić information content (AvgIpc) is 2.46. The van der Waals surface area contributed by atoms with Crippen LogP contribution in [0.1, 0.15) is 32.3 Å². The van der Waals surface area contributed by atoms with Crippen molar-refractivity contribution in [1.82, 2.24) is 9.62 Å². The molecule has 140 valence electrons. The monoisotopic (exact) mass is 480 g/mol. The van der Waals surface area contributed by atoms with Crippen LogP contribution < -0.4 is 4.72 Å². The summed E-state index contributed by atoms with van der Waals surface area (Å²) in [6.45, 7) is 4.19. The minimum atomic E-state index is -3.36. The summed E-state index contributed by atoms with van der Waals surface area (Å²) in [6.07, 6.45) is 2.58. The SMILES string of the molecule is CC(C)OC(=O)N1CCC[C@@H](NS(C)(=O)=O)[C@H]1Cc1cccc(I)c1. The van der Waals surface area contributed by atoms with Gasteiger partial charge in [-0.1, -0.05) is 12.1 Å². The third kappa shape index (κ3) is 6.41. The predicted octanol–water partition coefficient (Wildman–Crippen LogP) is 2.76. The van der Waals surface area contributed by atoms with Gasteiger partial charge in [0.05, 0.1) is 18.4 Å². The van der Waals surface area contributed by atoms with Crippen LogP contribution in [0, 0.1) is 3.57 Å². The Balaban J connectivity index is 2.28. The van der Waals surface area contributed by atoms with Gasteiger partial charge < -0.3 is 9.64 Å². The number of rotatable bonds is 5. The molecule has 25 heavy (non-hydrogen) atoms. The molecule has 2 atom stereocenters. The van der Waals surface area contributed by atoms with Crippen LogP contribution in [0.4, 0.5) is 4.79 Å². The van der Waals surface area contributed by atoms with Crippen molar-refractivity contribution in [2.24, 2.45) is 0 Å². The number of piperidine rings is 1. The smallest absolute Gasteiger partial charge is 0.410 e. The lowest BCUT2D eigenvalue weighted by atomic mass is 9.92. The van der Waals surface area contributed by atoms with E-state index < -0.39 is 10.0 Å². The van der Waals surface area contributed by atoms with E-state index in [1.54, 1.807) is 4.90 Å². The van der Waals surface area contributed by atoms with Gasteiger partial charge in [-0.25, -0.2) is 17.9 Å². The summed E-state index contributed by atoms with van der Waals surface area (Å²) in [5.74, 6) is 0. The zero-order chi connectivity index (χ0) is 18.6. The molecule has 0 spiro atoms. The van der Waals surface area contributed by atoms with Crippen LogP contribution in [0.3, 0.4) is 0 Å². The Kier molecular flexibility index (Phi) is 7.10. The first kappa shape index (κ1) is 20.4. The number of carbonyl (C=O) groups excluding carboxylic acids is 1. The molecule has 1 aromatic carbocycles. The Hall–Kier alpha value is -0.870. The van der Waals surface area contributed by atoms with Crippen LogP contribution in [-0.4, -0.2) is 50.4 Å². The second kappa shape index (κ2) is 8.68. The van der Waals surface area contributed by atoms with E-state index in [0.29, 0.717) is 19.4 Å². The first-order valence-corrected chi connectivity index (χ1v) is 11.3. The zero-order valence-corrected chi connectivity index (χ0v) is 17.7. The molecule has 2 rings (SSSR count). The molecule has 0 saturated carbocycles. The minimum Gasteiger partial charge on any atom is -0.447 e. The number of amides is 1. The van der Waals surface area contributed by atoms with Gasteiger partial charge in [0.1, 0.15) is 0 Å². The Bertz CT molecular complexity index is 708. The third-order valence-corrected chi connectivity index (χ3v) is 5.45. The highest BCUT2D eigenvalue weighted by molar-refractivity contribution is 14.1. The summed E-state index contributed by atoms with van der Waals surface area (Å²) in [7, 11) is -3.36. The van der Waals surface area contributed by atoms with E-state index >= 15 is 0 Å². The summed E-state index contributed by atoms with van der Waals surface area (Å²) in [4.78, 5) is 14.2. The number of benzene rings is 1. The lowest BCUT2D eigenvalue weighted by Gasteiger charge is -2.41. The summed E-state index contributed by atoms with van der Waals surface area (Å²) >= 11 is 2.24. The highest BCUT2D eigenvalue weighted by atomic mass is 127. The quantitative estimate of drug-likeness (QED) is 0.658. The zero-order valence-electron chi connectivity index (χ0n) is 14.7. The van der Waals surface area contributed by atoms with Gasteiger partial charge in [-0.2, -0.15) is 0 Å². The third-order valence-electron chi connectivity index (χ3n) is 4.05. The van der Waals surface area contributed by atoms with E-state index in [4.69, 9.17) is 4.74 Å². The van der Waals surface area contributed by atoms with Gasteiger partial charge in [-0.3, -0.25) is 0 Å². The second-order valence-electron chi connectivity index (χ2n) is 6.67. The van der Waals surface area contributed by atoms with Crippen molar-refractivity contribution in [3.63, 3.8) is 0 Å². The maximum atomic E-state index is 12.5. The highest BCUT2D eigenvalue weighted by Crippen LogP contribution is 2.24. The fraction of sp³-hybridized carbons (Fsp3) is 0.588. The van der Waals surface area contributed by atoms with E-state index in [2.05, 4.69) is 33.4 Å². The maximum absolute atomic E-state index is 12.5. The average molecular weight is 480 g/mol. The molecule has 8 heteroatoms. The molecule has 0 aliphatic carbocycles. The molecule has 1 saturated heterocycles. The predicted molar refractivity (Wildman–Crippen MR) is 106 cm³/mol. The van der Waals surface area contributed by atoms with Crippen molar-refractivity contribution < 1.29 is 17.9 Å². The van der Waals surface area contributed by atoms with Crippen LogP contribution in [0.15, 0.2) is 24.3 Å². The van der Waals surface area contributed by atoms with E-state index in [9.17, 15) is 13.2 Å². The Morgan fingerprint density at radius 3 is 2.76 bits per heavy atom. The normalized spacial score (nSPS) is 21.4. The standard InChI is InChI=1S/C17H25IN2O4S/c1-12(2)24-17(21)20-9-5-8-15(19-25(3,22)23)16(20)11-13-6-4-7-14(18)10-13/h4,6-7,10,12,15-16,19H,5,8-9,11H2,1-3H3/t15-,16-/m1/s1. The molecule has 1 aliphatic rings. The molecule has 6 nitrogen and oxygen atoms in total. The number of nitrogens with zero attached hydrogens (tertiary/aromatic N) is 1. The molecule has 1 aromatic rings. The van der Waals surface area contributed by atoms with E-state index in [1.807, 2.05) is 32.0 Å². The van der Waals surface area contributed by atoms with Gasteiger partial charge in [0.15, 0.2) is 0 Å². The van der Waals surface area contributed by atoms with Crippen LogP contribution in [0.25, 0.3) is 0 Å². The fourth-order valence-corrected chi connectivity index (χ4v) is 4.56. The Morgan fingerprint density at radius 2 is 2.16 bits per heavy atom. The van der Waals surface area contributed by atoms with E-state index in [1.165, 1.54) is 0 Å². The van der Waals surface area contributed by atoms with Crippen LogP contribution in [-0.2, 0) is 21.2 Å². The Morgan fingerprint density at radius 1 is 1.44 bits per heavy atom. The number of ether oxygens (including phenoxy) is 1. The number of sulfonamides is 1. The molecule has 0 radical (unpaired) electrons.